The zero-order valence-corrected chi connectivity index (χ0v) is 58.4. The van der Waals surface area contributed by atoms with E-state index in [0.29, 0.717) is 52.0 Å². The Balaban J connectivity index is 0.000000229. The molecule has 5 heterocycles. The van der Waals surface area contributed by atoms with Crippen LogP contribution < -0.4 is 11.1 Å². The number of nitrogens with two attached hydrogens (primary N) is 1. The topological polar surface area (TPSA) is 322 Å². The summed E-state index contributed by atoms with van der Waals surface area (Å²) in [5, 5.41) is 12.2. The van der Waals surface area contributed by atoms with Crippen molar-refractivity contribution in [3.63, 3.8) is 0 Å². The number of rotatable bonds is 15. The van der Waals surface area contributed by atoms with Gasteiger partial charge in [0.2, 0.25) is 0 Å². The second-order valence-electron chi connectivity index (χ2n) is 21.6. The standard InChI is InChI=1S/C22H18N2O4.C16H14O2.C14H10O4.C8H8BrNO2.C8H10N2O2.C8H9NO2.2CH4.BHNS/c25-21(26)14-9-10-15(23-11-14)12-24-22(27)28-13-20-18-7-3-1-5-16(18)17-6-2-4-8-19(17)20;1-11(17)18-10-16-14-8-4-2-6-12(14)13-7-3-5-9-15(13)16;15-13(11-7-3-1-4-8-11)16-14(17-18-14)12-9-5-2-6-10-12;2*1-12-8(11)6-2-3-7(4-9)10-5-6;1-6-3-4-7(5-9-6)8(10)11-2;;;1-2-3/h1-11,20H,12-13H2,(H,24,27)(H,25,26);2-9,16H,10H2,1H3;1-10H;2-3,5H,4H2,1H3;2-3,5H,4,9H2,1H3;3-5H,1-2H3;2*1H4;3H. The molecule has 4 N–H and O–H groups in total. The number of nitrogens with zero attached hydrogens (tertiary/aromatic N) is 5. The van der Waals surface area contributed by atoms with Crippen molar-refractivity contribution in [2.45, 2.75) is 64.9 Å². The third-order valence-electron chi connectivity index (χ3n) is 15.0. The molecule has 13 rings (SSSR count). The number of alkyl carbamates (subject to hydrolysis) is 1. The van der Waals surface area contributed by atoms with Crippen molar-refractivity contribution in [2.75, 3.05) is 34.5 Å². The van der Waals surface area contributed by atoms with E-state index in [0.717, 1.165) is 28.2 Å². The molecule has 537 valence electrons. The number of nitrogens with one attached hydrogen (secondary N) is 1. The number of fused-ring (bicyclic) bond motifs is 6. The van der Waals surface area contributed by atoms with Crippen LogP contribution in [0.5, 0.6) is 0 Å². The molecule has 1 saturated heterocycles. The number of aromatic carboxylic acids is 1. The van der Waals surface area contributed by atoms with Gasteiger partial charge in [0.15, 0.2) is 0 Å². The molecule has 0 bridgehead atoms. The number of pyridine rings is 4. The summed E-state index contributed by atoms with van der Waals surface area (Å²) in [7, 11) is 8.37. The molecular formula is C78H78BBrN7O16S. The SMILES string of the molecule is C.C.CC(=O)OCC1c2ccccc2-c2ccccc21.COC(=O)c1ccc(C)nc1.COC(=O)c1ccc(CBr)nc1.COC(=O)c1ccc(CN)nc1.O=C(NCc1ccc(C(=O)O)cn1)OCC1c2ccccc2-c2ccccc21.O=C(OC1(c2ccccc2)OO1)c1ccccc1.[B]=NS. The molecule has 2 aliphatic carbocycles. The number of halogens is 1. The Hall–Kier alpha value is -11.4. The molecule has 6 aromatic carbocycles. The van der Waals surface area contributed by atoms with Crippen molar-refractivity contribution >= 4 is 78.3 Å². The Morgan fingerprint density at radius 2 is 0.894 bits per heavy atom. The summed E-state index contributed by atoms with van der Waals surface area (Å²) in [6, 6.07) is 63.9. The first-order valence-corrected chi connectivity index (χ1v) is 32.6. The molecule has 1 fully saturated rings. The summed E-state index contributed by atoms with van der Waals surface area (Å²) in [5.41, 5.74) is 20.7. The molecular weight excluding hydrogens is 1410 g/mol. The molecule has 0 unspecified atom stereocenters. The van der Waals surface area contributed by atoms with E-state index in [1.165, 1.54) is 92.5 Å². The Morgan fingerprint density at radius 3 is 1.26 bits per heavy atom. The van der Waals surface area contributed by atoms with Gasteiger partial charge in [-0.3, -0.25) is 24.7 Å². The molecule has 3 aliphatic rings. The molecule has 0 saturated carbocycles. The van der Waals surface area contributed by atoms with Crippen molar-refractivity contribution in [2.24, 2.45) is 10.0 Å². The number of alkyl halides is 1. The molecule has 26 heteroatoms. The number of aromatic nitrogens is 4. The average Bonchev–Trinajstić information content (AvgIpc) is 1.63. The molecule has 23 nitrogen and oxygen atoms in total. The second-order valence-corrected chi connectivity index (χ2v) is 22.4. The number of benzene rings is 6. The number of thiol groups is 1. The van der Waals surface area contributed by atoms with Gasteiger partial charge < -0.3 is 44.6 Å². The van der Waals surface area contributed by atoms with E-state index < -0.39 is 24.0 Å². The normalized spacial score (nSPS) is 11.6. The van der Waals surface area contributed by atoms with Crippen molar-refractivity contribution < 1.29 is 76.9 Å². The van der Waals surface area contributed by atoms with Gasteiger partial charge in [0, 0.05) is 61.1 Å². The number of amides is 1. The van der Waals surface area contributed by atoms with Gasteiger partial charge in [-0.05, 0) is 124 Å². The van der Waals surface area contributed by atoms with Crippen molar-refractivity contribution in [1.29, 1.82) is 0 Å². The first-order valence-electron chi connectivity index (χ1n) is 31.1. The van der Waals surface area contributed by atoms with E-state index >= 15 is 0 Å². The number of carboxylic acid groups (broad SMARTS) is 1. The van der Waals surface area contributed by atoms with Crippen LogP contribution in [0.15, 0.2) is 235 Å². The van der Waals surface area contributed by atoms with Crippen LogP contribution in [-0.4, -0.2) is 109 Å². The number of esters is 5. The summed E-state index contributed by atoms with van der Waals surface area (Å²) in [5.74, 6) is -4.05. The van der Waals surface area contributed by atoms with E-state index in [9.17, 15) is 33.6 Å². The monoisotopic (exact) mass is 1490 g/mol. The van der Waals surface area contributed by atoms with Crippen molar-refractivity contribution in [1.82, 2.24) is 25.3 Å². The van der Waals surface area contributed by atoms with Gasteiger partial charge >= 0.3 is 72.6 Å². The fourth-order valence-electron chi connectivity index (χ4n) is 9.96. The molecule has 0 atom stereocenters. The number of carboxylic acids is 1. The second kappa shape index (κ2) is 42.8. The van der Waals surface area contributed by atoms with E-state index in [1.807, 2.05) is 79.7 Å². The van der Waals surface area contributed by atoms with Crippen LogP contribution in [0.1, 0.15) is 136 Å². The number of ether oxygens (including phenoxy) is 6. The number of carbonyl (C=O) groups excluding carboxylic acids is 6. The minimum absolute atomic E-state index is 0. The van der Waals surface area contributed by atoms with Gasteiger partial charge in [0.25, 0.3) is 0 Å². The third-order valence-corrected chi connectivity index (χ3v) is 15.6. The maximum absolute atomic E-state index is 12.1. The average molecular weight is 1490 g/mol. The van der Waals surface area contributed by atoms with Gasteiger partial charge in [-0.1, -0.05) is 164 Å². The number of aryl methyl sites for hydroxylation is 1. The summed E-state index contributed by atoms with van der Waals surface area (Å²) >= 11 is 6.45. The Bertz CT molecular complexity index is 4280. The summed E-state index contributed by atoms with van der Waals surface area (Å²) in [4.78, 5) is 104. The van der Waals surface area contributed by atoms with Crippen molar-refractivity contribution in [3.05, 3.63) is 309 Å². The number of hydrogen-bond acceptors (Lipinski definition) is 22. The van der Waals surface area contributed by atoms with Gasteiger partial charge in [0.1, 0.15) is 13.2 Å². The fraction of sp³-hybridized carbons (Fsp3) is 0.192. The zero-order valence-electron chi connectivity index (χ0n) is 55.9. The van der Waals surface area contributed by atoms with Gasteiger partial charge in [-0.15, -0.1) is 9.78 Å². The predicted molar refractivity (Wildman–Crippen MR) is 398 cm³/mol. The molecule has 104 heavy (non-hydrogen) atoms. The zero-order chi connectivity index (χ0) is 73.4. The van der Waals surface area contributed by atoms with Crippen LogP contribution in [0.4, 0.5) is 4.79 Å². The van der Waals surface area contributed by atoms with Crippen LogP contribution in [0.3, 0.4) is 0 Å². The number of carbonyl (C=O) groups is 7. The molecule has 1 radical (unpaired) electrons. The van der Waals surface area contributed by atoms with Crippen LogP contribution in [0.25, 0.3) is 22.3 Å². The van der Waals surface area contributed by atoms with Crippen LogP contribution in [-0.2, 0) is 67.4 Å². The molecule has 1 amide bonds. The van der Waals surface area contributed by atoms with E-state index in [2.05, 4.69) is 129 Å². The van der Waals surface area contributed by atoms with Gasteiger partial charge in [0.05, 0.1) is 78.3 Å². The molecule has 4 aromatic heterocycles. The summed E-state index contributed by atoms with van der Waals surface area (Å²) in [6.07, 6.45) is 5.18. The molecule has 0 spiro atoms. The molecule has 10 aromatic rings. The van der Waals surface area contributed by atoms with Gasteiger partial charge in [-0.25, -0.2) is 28.8 Å². The first kappa shape index (κ1) is 83.2. The summed E-state index contributed by atoms with van der Waals surface area (Å²) in [6.45, 7) is 4.51. The Morgan fingerprint density at radius 1 is 0.519 bits per heavy atom. The van der Waals surface area contributed by atoms with E-state index in [1.54, 1.807) is 78.9 Å². The first-order chi connectivity index (χ1) is 49.4. The van der Waals surface area contributed by atoms with Crippen molar-refractivity contribution in [3.8, 4) is 22.3 Å². The van der Waals surface area contributed by atoms with E-state index in [4.69, 9.17) is 34.8 Å². The van der Waals surface area contributed by atoms with Crippen LogP contribution >= 0.6 is 28.7 Å². The van der Waals surface area contributed by atoms with Crippen LogP contribution in [0.2, 0.25) is 0 Å². The predicted octanol–water partition coefficient (Wildman–Crippen LogP) is 14.5. The number of hydrogen-bond donors (Lipinski definition) is 4. The van der Waals surface area contributed by atoms with E-state index in [-0.39, 0.29) is 69.3 Å². The van der Waals surface area contributed by atoms with Gasteiger partial charge in [-0.2, -0.15) is 0 Å². The number of methoxy groups -OCH3 is 3. The molecule has 1 aliphatic heterocycles. The Labute approximate surface area is 618 Å². The minimum atomic E-state index is -1.38. The van der Waals surface area contributed by atoms with Crippen LogP contribution in [0, 0.1) is 6.92 Å². The fourth-order valence-corrected chi connectivity index (χ4v) is 10.3. The summed E-state index contributed by atoms with van der Waals surface area (Å²) < 4.78 is 32.1. The Kier molecular flexibility index (Phi) is 34.2. The maximum atomic E-state index is 12.1. The third kappa shape index (κ3) is 24.1. The quantitative estimate of drug-likeness (QED) is 0.0141.